The fraction of sp³-hybridized carbons (Fsp3) is 0.974. The zero-order valence-corrected chi connectivity index (χ0v) is 35.1. The van der Waals surface area contributed by atoms with E-state index in [4.69, 9.17) is 28.4 Å². The molecule has 3 fully saturated rings. The Kier molecular flexibility index (Phi) is 16.8. The SMILES string of the molecule is CCNC[C@]1(O)[C@H](C)O[C@@H](O[C@H]2[C@H](C)[C@@H](O[C@@H]3O[C@H](C)C[C@H](NC)[C@H]3O)[C@](C)(O)C[C@@H](C)CN[C@H](C)[C@@H](O)[C@](C)(O)[C@@H](CC)OC(=O)[C@@H]2C)C[C@@]1(C)OC. The highest BCUT2D eigenvalue weighted by molar-refractivity contribution is 5.73. The van der Waals surface area contributed by atoms with Crippen LogP contribution in [0.5, 0.6) is 0 Å². The first-order valence-corrected chi connectivity index (χ1v) is 20.0. The maximum absolute atomic E-state index is 14.3. The van der Waals surface area contributed by atoms with Gasteiger partial charge in [0.25, 0.3) is 0 Å². The summed E-state index contributed by atoms with van der Waals surface area (Å²) in [5.41, 5.74) is -5.95. The van der Waals surface area contributed by atoms with Crippen molar-refractivity contribution in [1.29, 1.82) is 0 Å². The lowest BCUT2D eigenvalue weighted by molar-refractivity contribution is -0.335. The molecule has 15 nitrogen and oxygen atoms in total. The minimum Gasteiger partial charge on any atom is -0.459 e. The van der Waals surface area contributed by atoms with E-state index >= 15 is 0 Å². The summed E-state index contributed by atoms with van der Waals surface area (Å²) in [4.78, 5) is 14.3. The van der Waals surface area contributed by atoms with Gasteiger partial charge in [-0.3, -0.25) is 4.79 Å². The number of nitrogens with one attached hydrogen (secondary N) is 3. The lowest BCUT2D eigenvalue weighted by Crippen LogP contribution is -2.70. The van der Waals surface area contributed by atoms with Crippen LogP contribution in [0.3, 0.4) is 0 Å². The van der Waals surface area contributed by atoms with Gasteiger partial charge in [0.2, 0.25) is 0 Å². The van der Waals surface area contributed by atoms with Crippen molar-refractivity contribution in [2.75, 3.05) is 33.8 Å². The molecule has 3 aliphatic heterocycles. The molecule has 0 aliphatic carbocycles. The molecular weight excluding hydrogens is 702 g/mol. The highest BCUT2D eigenvalue weighted by Gasteiger charge is 2.58. The van der Waals surface area contributed by atoms with Gasteiger partial charge in [-0.2, -0.15) is 0 Å². The second-order valence-electron chi connectivity index (χ2n) is 17.2. The Hall–Kier alpha value is -1.05. The van der Waals surface area contributed by atoms with Crippen LogP contribution in [0.15, 0.2) is 0 Å². The van der Waals surface area contributed by atoms with Gasteiger partial charge in [-0.25, -0.2) is 0 Å². The standard InChI is InChI=1S/C39H75N3O12/c1-14-28-38(11,47)32(44)25(7)42-19-21(3)17-36(9,46)33(54-35-30(43)27(40-12)16-22(4)50-35)23(5)31(24(6)34(45)52-28)53-29-18-37(10,49-13)39(48,20-41-15-2)26(8)51-29/h21-33,35,40-44,46-48H,14-20H2,1-13H3/t21-,22-,23+,24-,25-,26+,27+,28-,29+,30-,31+,32-,33-,35+,36-,37-,38-,39+/m1/s1. The predicted octanol–water partition coefficient (Wildman–Crippen LogP) is 1.20. The van der Waals surface area contributed by atoms with Gasteiger partial charge in [0.05, 0.1) is 35.9 Å². The van der Waals surface area contributed by atoms with E-state index in [0.29, 0.717) is 19.5 Å². The average Bonchev–Trinajstić information content (AvgIpc) is 3.11. The zero-order chi connectivity index (χ0) is 41.0. The molecule has 0 bridgehead atoms. The van der Waals surface area contributed by atoms with Crippen LogP contribution in [0.2, 0.25) is 0 Å². The number of carbonyl (C=O) groups is 1. The number of cyclic esters (lactones) is 1. The summed E-state index contributed by atoms with van der Waals surface area (Å²) in [6.45, 7) is 20.6. The summed E-state index contributed by atoms with van der Waals surface area (Å²) in [6, 6.07) is -0.927. The number of hydrogen-bond donors (Lipinski definition) is 8. The Balaban J connectivity index is 2.16. The van der Waals surface area contributed by atoms with Crippen molar-refractivity contribution in [3.05, 3.63) is 0 Å². The summed E-state index contributed by atoms with van der Waals surface area (Å²) >= 11 is 0. The van der Waals surface area contributed by atoms with E-state index in [-0.39, 0.29) is 43.9 Å². The predicted molar refractivity (Wildman–Crippen MR) is 202 cm³/mol. The number of methoxy groups -OCH3 is 1. The van der Waals surface area contributed by atoms with E-state index < -0.39 is 95.5 Å². The lowest BCUT2D eigenvalue weighted by atomic mass is 9.75. The number of esters is 1. The Labute approximate surface area is 323 Å². The molecule has 0 spiro atoms. The molecule has 3 heterocycles. The van der Waals surface area contributed by atoms with Gasteiger partial charge in [-0.15, -0.1) is 0 Å². The third-order valence-corrected chi connectivity index (χ3v) is 12.6. The van der Waals surface area contributed by atoms with E-state index in [1.165, 1.54) is 14.0 Å². The van der Waals surface area contributed by atoms with E-state index in [2.05, 4.69) is 16.0 Å². The molecule has 3 rings (SSSR count). The molecule has 3 saturated heterocycles. The molecule has 318 valence electrons. The number of aliphatic hydroxyl groups is 5. The van der Waals surface area contributed by atoms with E-state index in [1.807, 2.05) is 27.7 Å². The number of ether oxygens (including phenoxy) is 6. The van der Waals surface area contributed by atoms with Crippen molar-refractivity contribution in [1.82, 2.24) is 16.0 Å². The van der Waals surface area contributed by atoms with Gasteiger partial charge in [0.1, 0.15) is 35.1 Å². The summed E-state index contributed by atoms with van der Waals surface area (Å²) in [6.07, 6.45) is -7.63. The van der Waals surface area contributed by atoms with E-state index in [1.54, 1.807) is 48.6 Å². The van der Waals surface area contributed by atoms with Gasteiger partial charge in [0.15, 0.2) is 12.6 Å². The normalized spacial score (nSPS) is 49.1. The number of carbonyl (C=O) groups excluding carboxylic acids is 1. The van der Waals surface area contributed by atoms with Crippen LogP contribution >= 0.6 is 0 Å². The second-order valence-corrected chi connectivity index (χ2v) is 17.2. The minimum atomic E-state index is -1.81. The highest BCUT2D eigenvalue weighted by Crippen LogP contribution is 2.43. The van der Waals surface area contributed by atoms with Gasteiger partial charge in [0, 0.05) is 38.1 Å². The molecular formula is C39H75N3O12. The van der Waals surface area contributed by atoms with Crippen LogP contribution < -0.4 is 16.0 Å². The highest BCUT2D eigenvalue weighted by atomic mass is 16.7. The largest absolute Gasteiger partial charge is 0.459 e. The van der Waals surface area contributed by atoms with Crippen molar-refractivity contribution in [3.8, 4) is 0 Å². The molecule has 3 aliphatic rings. The van der Waals surface area contributed by atoms with E-state index in [0.717, 1.165) is 0 Å². The molecule has 0 unspecified atom stereocenters. The number of aliphatic hydroxyl groups excluding tert-OH is 2. The van der Waals surface area contributed by atoms with Crippen LogP contribution in [0.25, 0.3) is 0 Å². The lowest BCUT2D eigenvalue weighted by Gasteiger charge is -2.53. The fourth-order valence-electron chi connectivity index (χ4n) is 8.87. The Morgan fingerprint density at radius 2 is 1.61 bits per heavy atom. The van der Waals surface area contributed by atoms with Crippen LogP contribution in [-0.4, -0.2) is 155 Å². The van der Waals surface area contributed by atoms with Crippen LogP contribution in [-0.2, 0) is 33.2 Å². The molecule has 0 aromatic carbocycles. The number of likely N-dealkylation sites (N-methyl/N-ethyl adjacent to an activating group) is 2. The fourth-order valence-corrected chi connectivity index (χ4v) is 8.87. The summed E-state index contributed by atoms with van der Waals surface area (Å²) < 4.78 is 38.0. The minimum absolute atomic E-state index is 0.0908. The Bertz CT molecular complexity index is 1180. The van der Waals surface area contributed by atoms with Gasteiger partial charge in [-0.1, -0.05) is 27.7 Å². The molecule has 0 saturated carbocycles. The van der Waals surface area contributed by atoms with Crippen molar-refractivity contribution in [2.45, 2.75) is 192 Å². The van der Waals surface area contributed by atoms with Crippen LogP contribution in [0, 0.1) is 17.8 Å². The van der Waals surface area contributed by atoms with E-state index in [9.17, 15) is 30.3 Å². The number of rotatable bonds is 10. The first-order chi connectivity index (χ1) is 25.0. The quantitative estimate of drug-likeness (QED) is 0.147. The molecule has 54 heavy (non-hydrogen) atoms. The number of hydrogen-bond acceptors (Lipinski definition) is 15. The van der Waals surface area contributed by atoms with Gasteiger partial charge >= 0.3 is 5.97 Å². The first-order valence-electron chi connectivity index (χ1n) is 20.0. The molecule has 0 aromatic rings. The summed E-state index contributed by atoms with van der Waals surface area (Å²) in [5, 5.41) is 68.4. The summed E-state index contributed by atoms with van der Waals surface area (Å²) in [5.74, 6) is -2.67. The summed E-state index contributed by atoms with van der Waals surface area (Å²) in [7, 11) is 3.28. The zero-order valence-electron chi connectivity index (χ0n) is 35.1. The maximum atomic E-state index is 14.3. The van der Waals surface area contributed by atoms with Crippen molar-refractivity contribution in [3.63, 3.8) is 0 Å². The first kappa shape index (κ1) is 47.3. The molecule has 0 aromatic heterocycles. The monoisotopic (exact) mass is 778 g/mol. The third kappa shape index (κ3) is 10.3. The van der Waals surface area contributed by atoms with Crippen molar-refractivity contribution < 1.29 is 58.7 Å². The molecule has 0 radical (unpaired) electrons. The second kappa shape index (κ2) is 19.1. The van der Waals surface area contributed by atoms with Crippen molar-refractivity contribution in [2.24, 2.45) is 17.8 Å². The van der Waals surface area contributed by atoms with Gasteiger partial charge in [-0.05, 0) is 93.8 Å². The smallest absolute Gasteiger partial charge is 0.311 e. The molecule has 15 heteroatoms. The van der Waals surface area contributed by atoms with Gasteiger partial charge < -0.3 is 69.9 Å². The molecule has 18 atom stereocenters. The molecule has 0 amide bonds. The third-order valence-electron chi connectivity index (χ3n) is 12.6. The topological polar surface area (TPSA) is 210 Å². The Morgan fingerprint density at radius 1 is 0.963 bits per heavy atom. The van der Waals surface area contributed by atoms with Crippen molar-refractivity contribution >= 4 is 5.97 Å². The van der Waals surface area contributed by atoms with Crippen LogP contribution in [0.4, 0.5) is 0 Å². The Morgan fingerprint density at radius 3 is 2.19 bits per heavy atom. The molecule has 8 N–H and O–H groups in total. The van der Waals surface area contributed by atoms with Crippen LogP contribution in [0.1, 0.15) is 102 Å². The average molecular weight is 778 g/mol. The maximum Gasteiger partial charge on any atom is 0.311 e.